The van der Waals surface area contributed by atoms with Crippen molar-refractivity contribution >= 4 is 0 Å². The van der Waals surface area contributed by atoms with Gasteiger partial charge in [0.05, 0.1) is 6.10 Å². The molecule has 2 aliphatic carbocycles. The van der Waals surface area contributed by atoms with E-state index >= 15 is 0 Å². The lowest BCUT2D eigenvalue weighted by atomic mass is 9.86. The van der Waals surface area contributed by atoms with Crippen molar-refractivity contribution in [2.45, 2.75) is 56.7 Å². The summed E-state index contributed by atoms with van der Waals surface area (Å²) >= 11 is 0. The molecule has 0 spiro atoms. The summed E-state index contributed by atoms with van der Waals surface area (Å²) in [6.07, 6.45) is 8.76. The summed E-state index contributed by atoms with van der Waals surface area (Å²) in [6, 6.07) is 1.74. The van der Waals surface area contributed by atoms with Crippen molar-refractivity contribution in [3.8, 4) is 0 Å². The number of piperidine rings is 1. The molecule has 3 fully saturated rings. The van der Waals surface area contributed by atoms with Crippen LogP contribution in [0.5, 0.6) is 0 Å². The number of ether oxygens (including phenoxy) is 1. The number of nitrogens with zero attached hydrogens (tertiary/aromatic N) is 1. The predicted octanol–water partition coefficient (Wildman–Crippen LogP) is 1.63. The lowest BCUT2D eigenvalue weighted by Crippen LogP contribution is -2.51. The monoisotopic (exact) mass is 238 g/mol. The quantitative estimate of drug-likeness (QED) is 0.788. The molecule has 1 unspecified atom stereocenters. The van der Waals surface area contributed by atoms with E-state index in [0.29, 0.717) is 6.10 Å². The number of methoxy groups -OCH3 is 1. The van der Waals surface area contributed by atoms with Crippen LogP contribution in [0.3, 0.4) is 0 Å². The van der Waals surface area contributed by atoms with Crippen LogP contribution in [0.15, 0.2) is 0 Å². The van der Waals surface area contributed by atoms with Gasteiger partial charge in [-0.3, -0.25) is 4.90 Å². The summed E-state index contributed by atoms with van der Waals surface area (Å²) in [5.74, 6) is 0.894. The Morgan fingerprint density at radius 1 is 1.18 bits per heavy atom. The molecule has 0 aromatic carbocycles. The van der Waals surface area contributed by atoms with Gasteiger partial charge in [0.2, 0.25) is 0 Å². The molecular formula is C14H26N2O. The summed E-state index contributed by atoms with van der Waals surface area (Å²) in [7, 11) is 1.85. The van der Waals surface area contributed by atoms with Gasteiger partial charge in [-0.05, 0) is 57.5 Å². The Balaban J connectivity index is 1.50. The Labute approximate surface area is 105 Å². The van der Waals surface area contributed by atoms with E-state index in [4.69, 9.17) is 4.74 Å². The van der Waals surface area contributed by atoms with E-state index in [1.807, 2.05) is 7.11 Å². The molecule has 2 saturated carbocycles. The normalized spacial score (nSPS) is 38.1. The molecule has 3 rings (SSSR count). The fourth-order valence-electron chi connectivity index (χ4n) is 3.38. The van der Waals surface area contributed by atoms with Crippen LogP contribution in [0.1, 0.15) is 38.5 Å². The van der Waals surface area contributed by atoms with E-state index in [-0.39, 0.29) is 0 Å². The van der Waals surface area contributed by atoms with Crippen LogP contribution in [-0.4, -0.2) is 49.8 Å². The third-order valence-electron chi connectivity index (χ3n) is 4.76. The molecule has 0 aromatic rings. The topological polar surface area (TPSA) is 24.5 Å². The molecule has 1 atom stereocenters. The van der Waals surface area contributed by atoms with Gasteiger partial charge in [0.1, 0.15) is 0 Å². The largest absolute Gasteiger partial charge is 0.381 e. The van der Waals surface area contributed by atoms with Crippen molar-refractivity contribution in [2.24, 2.45) is 5.92 Å². The van der Waals surface area contributed by atoms with Crippen LogP contribution in [-0.2, 0) is 4.74 Å². The molecule has 1 aliphatic heterocycles. The van der Waals surface area contributed by atoms with E-state index in [2.05, 4.69) is 10.2 Å². The highest BCUT2D eigenvalue weighted by atomic mass is 16.5. The predicted molar refractivity (Wildman–Crippen MR) is 69.1 cm³/mol. The van der Waals surface area contributed by atoms with Crippen LogP contribution < -0.4 is 5.32 Å². The molecule has 0 aromatic heterocycles. The zero-order chi connectivity index (χ0) is 11.7. The molecule has 98 valence electrons. The van der Waals surface area contributed by atoms with Gasteiger partial charge in [0.15, 0.2) is 0 Å². The molecule has 3 aliphatic rings. The van der Waals surface area contributed by atoms with E-state index in [9.17, 15) is 0 Å². The van der Waals surface area contributed by atoms with Gasteiger partial charge in [-0.2, -0.15) is 0 Å². The minimum Gasteiger partial charge on any atom is -0.381 e. The molecule has 3 heteroatoms. The van der Waals surface area contributed by atoms with Crippen LogP contribution in [0.4, 0.5) is 0 Å². The van der Waals surface area contributed by atoms with Crippen LogP contribution in [0.25, 0.3) is 0 Å². The number of hydrogen-bond acceptors (Lipinski definition) is 3. The van der Waals surface area contributed by atoms with Crippen LogP contribution >= 0.6 is 0 Å². The maximum atomic E-state index is 5.42. The fourth-order valence-corrected chi connectivity index (χ4v) is 3.38. The maximum absolute atomic E-state index is 5.42. The van der Waals surface area contributed by atoms with Gasteiger partial charge in [-0.25, -0.2) is 0 Å². The second-order valence-corrected chi connectivity index (χ2v) is 6.12. The molecule has 0 bridgehead atoms. The van der Waals surface area contributed by atoms with E-state index in [0.717, 1.165) is 18.0 Å². The number of hydrogen-bond donors (Lipinski definition) is 1. The summed E-state index contributed by atoms with van der Waals surface area (Å²) in [6.45, 7) is 3.80. The SMILES string of the molecule is COC1CC(N(CC2CCCNC2)C2CC2)C1. The first-order valence-corrected chi connectivity index (χ1v) is 7.36. The van der Waals surface area contributed by atoms with Crippen molar-refractivity contribution in [1.82, 2.24) is 10.2 Å². The van der Waals surface area contributed by atoms with Crippen molar-refractivity contribution in [1.29, 1.82) is 0 Å². The highest BCUT2D eigenvalue weighted by Crippen LogP contribution is 2.37. The third kappa shape index (κ3) is 2.83. The maximum Gasteiger partial charge on any atom is 0.0601 e. The van der Waals surface area contributed by atoms with Crippen molar-refractivity contribution in [3.63, 3.8) is 0 Å². The molecule has 1 saturated heterocycles. The first-order chi connectivity index (χ1) is 8.36. The highest BCUT2D eigenvalue weighted by Gasteiger charge is 2.41. The van der Waals surface area contributed by atoms with Gasteiger partial charge in [0, 0.05) is 25.7 Å². The van der Waals surface area contributed by atoms with Gasteiger partial charge < -0.3 is 10.1 Å². The van der Waals surface area contributed by atoms with E-state index < -0.39 is 0 Å². The molecule has 17 heavy (non-hydrogen) atoms. The van der Waals surface area contributed by atoms with E-state index in [1.54, 1.807) is 0 Å². The first kappa shape index (κ1) is 11.9. The second-order valence-electron chi connectivity index (χ2n) is 6.12. The van der Waals surface area contributed by atoms with Crippen molar-refractivity contribution in [3.05, 3.63) is 0 Å². The standard InChI is InChI=1S/C14H26N2O/c1-17-14-7-13(8-14)16(12-4-5-12)10-11-3-2-6-15-9-11/h11-15H,2-10H2,1H3. The summed E-state index contributed by atoms with van der Waals surface area (Å²) in [5.41, 5.74) is 0. The highest BCUT2D eigenvalue weighted by molar-refractivity contribution is 4.96. The Kier molecular flexibility index (Phi) is 3.69. The van der Waals surface area contributed by atoms with Gasteiger partial charge in [0.25, 0.3) is 0 Å². The summed E-state index contributed by atoms with van der Waals surface area (Å²) in [5, 5.41) is 3.54. The first-order valence-electron chi connectivity index (χ1n) is 7.36. The van der Waals surface area contributed by atoms with Crippen LogP contribution in [0.2, 0.25) is 0 Å². The van der Waals surface area contributed by atoms with Crippen molar-refractivity contribution in [2.75, 3.05) is 26.7 Å². The Morgan fingerprint density at radius 2 is 2.00 bits per heavy atom. The molecule has 0 amide bonds. The van der Waals surface area contributed by atoms with Crippen molar-refractivity contribution < 1.29 is 4.74 Å². The Morgan fingerprint density at radius 3 is 2.59 bits per heavy atom. The molecule has 3 nitrogen and oxygen atoms in total. The minimum atomic E-state index is 0.547. The zero-order valence-electron chi connectivity index (χ0n) is 11.0. The zero-order valence-corrected chi connectivity index (χ0v) is 11.0. The number of rotatable bonds is 5. The van der Waals surface area contributed by atoms with Gasteiger partial charge in [-0.1, -0.05) is 0 Å². The van der Waals surface area contributed by atoms with E-state index in [1.165, 1.54) is 58.2 Å². The summed E-state index contributed by atoms with van der Waals surface area (Å²) in [4.78, 5) is 2.81. The molecule has 1 heterocycles. The van der Waals surface area contributed by atoms with Gasteiger partial charge >= 0.3 is 0 Å². The number of nitrogens with one attached hydrogen (secondary N) is 1. The van der Waals surface area contributed by atoms with Crippen LogP contribution in [0, 0.1) is 5.92 Å². The lowest BCUT2D eigenvalue weighted by Gasteiger charge is -2.44. The second kappa shape index (κ2) is 5.25. The Bertz CT molecular complexity index is 243. The smallest absolute Gasteiger partial charge is 0.0601 e. The minimum absolute atomic E-state index is 0.547. The summed E-state index contributed by atoms with van der Waals surface area (Å²) < 4.78 is 5.42. The fraction of sp³-hybridized carbons (Fsp3) is 1.00. The average Bonchev–Trinajstić information content (AvgIpc) is 3.11. The third-order valence-corrected chi connectivity index (χ3v) is 4.76. The van der Waals surface area contributed by atoms with Gasteiger partial charge in [-0.15, -0.1) is 0 Å². The molecule has 1 N–H and O–H groups in total. The Hall–Kier alpha value is -0.120. The lowest BCUT2D eigenvalue weighted by molar-refractivity contribution is -0.0352. The average molecular weight is 238 g/mol. The molecule has 0 radical (unpaired) electrons. The molecular weight excluding hydrogens is 212 g/mol.